The highest BCUT2D eigenvalue weighted by atomic mass is 16.7. The molecule has 0 saturated heterocycles. The van der Waals surface area contributed by atoms with Crippen molar-refractivity contribution in [3.8, 4) is 40.2 Å². The average molecular weight is 1110 g/mol. The molecule has 428 valence electrons. The Morgan fingerprint density at radius 3 is 1.07 bits per heavy atom. The van der Waals surface area contributed by atoms with E-state index in [1.807, 2.05) is 0 Å². The number of hydrogen-bond donors (Lipinski definition) is 0. The zero-order chi connectivity index (χ0) is 58.0. The van der Waals surface area contributed by atoms with Crippen molar-refractivity contribution in [2.75, 3.05) is 39.6 Å². The van der Waals surface area contributed by atoms with Gasteiger partial charge in [-0.3, -0.25) is 0 Å². The van der Waals surface area contributed by atoms with E-state index in [2.05, 4.69) is 19.7 Å². The molecule has 0 radical (unpaired) electrons. The molecule has 5 aromatic carbocycles. The quantitative estimate of drug-likeness (QED) is 0.00900. The third-order valence-electron chi connectivity index (χ3n) is 11.6. The Labute approximate surface area is 471 Å². The maximum Gasteiger partial charge on any atom is 0.345 e. The van der Waals surface area contributed by atoms with Gasteiger partial charge in [0.25, 0.3) is 0 Å². The first-order chi connectivity index (χ1) is 39.3. The van der Waals surface area contributed by atoms with Crippen LogP contribution < -0.4 is 33.2 Å². The molecule has 0 heterocycles. The van der Waals surface area contributed by atoms with Crippen LogP contribution in [0.5, 0.6) is 40.2 Å². The van der Waals surface area contributed by atoms with Gasteiger partial charge in [-0.05, 0) is 192 Å². The summed E-state index contributed by atoms with van der Waals surface area (Å²) in [6, 6.07) is 29.1. The highest BCUT2D eigenvalue weighted by Crippen LogP contribution is 2.29. The van der Waals surface area contributed by atoms with Crippen molar-refractivity contribution >= 4 is 41.8 Å². The van der Waals surface area contributed by atoms with Gasteiger partial charge in [0.2, 0.25) is 6.29 Å². The standard InChI is InChI=1S/C63H68O18/c1-5-57(64)74-41-17-11-8-14-38-71-49-26-20-46(21-27-49)60(67)79-53-34-32-52(33-35-53)77-45(4)78-63(70)55-44-54(80-61(68)47-22-28-50(29-23-47)72-39-15-9-12-18-42-75-58(65)6-2)36-37-56(55)81-62(69)48-24-30-51(31-25-48)73-40-16-10-13-19-43-76-59(66)7-3/h5-7,20-37,44-45H,1-3,8-19,38-43H2,4H3. The SMILES string of the molecule is C=CC(=O)OCCCCCCOc1ccc(C(=O)Oc2ccc(OC(C)OC(=O)c3cc(OC(=O)c4ccc(OCCCCCCOC(=O)C=C)cc4)ccc3OC(=O)c3ccc(OCCCCCCOC(=O)C=C)cc3)cc2)cc1. The molecule has 1 unspecified atom stereocenters. The van der Waals surface area contributed by atoms with Crippen LogP contribution in [0, 0.1) is 0 Å². The van der Waals surface area contributed by atoms with Crippen LogP contribution in [-0.4, -0.2) is 87.7 Å². The van der Waals surface area contributed by atoms with Crippen LogP contribution in [0.3, 0.4) is 0 Å². The Morgan fingerprint density at radius 1 is 0.370 bits per heavy atom. The second-order valence-corrected chi connectivity index (χ2v) is 17.9. The first kappa shape index (κ1) is 62.7. The Kier molecular flexibility index (Phi) is 27.3. The molecule has 0 spiro atoms. The highest BCUT2D eigenvalue weighted by Gasteiger charge is 2.23. The molecule has 0 amide bonds. The van der Waals surface area contributed by atoms with Crippen molar-refractivity contribution in [3.05, 3.63) is 175 Å². The van der Waals surface area contributed by atoms with E-state index < -0.39 is 48.1 Å². The minimum atomic E-state index is -1.21. The van der Waals surface area contributed by atoms with Gasteiger partial charge in [0.05, 0.1) is 56.3 Å². The van der Waals surface area contributed by atoms with Crippen molar-refractivity contribution in [1.29, 1.82) is 0 Å². The third kappa shape index (κ3) is 23.8. The molecular formula is C63H68O18. The smallest absolute Gasteiger partial charge is 0.345 e. The fraction of sp³-hybridized carbons (Fsp3) is 0.317. The molecular weight excluding hydrogens is 1040 g/mol. The summed E-state index contributed by atoms with van der Waals surface area (Å²) in [6.45, 7) is 14.0. The van der Waals surface area contributed by atoms with Crippen LogP contribution in [0.25, 0.3) is 0 Å². The molecule has 0 saturated carbocycles. The van der Waals surface area contributed by atoms with Gasteiger partial charge >= 0.3 is 41.8 Å². The summed E-state index contributed by atoms with van der Waals surface area (Å²) in [5.74, 6) is -2.56. The van der Waals surface area contributed by atoms with E-state index in [-0.39, 0.29) is 39.7 Å². The Hall–Kier alpha value is -9.19. The summed E-state index contributed by atoms with van der Waals surface area (Å²) in [7, 11) is 0. The van der Waals surface area contributed by atoms with Crippen LogP contribution in [0.1, 0.15) is 125 Å². The molecule has 5 aromatic rings. The molecule has 0 aromatic heterocycles. The number of rotatable bonds is 37. The lowest BCUT2D eigenvalue weighted by atomic mass is 10.1. The van der Waals surface area contributed by atoms with E-state index in [4.69, 9.17) is 52.1 Å². The first-order valence-electron chi connectivity index (χ1n) is 26.7. The molecule has 0 bridgehead atoms. The van der Waals surface area contributed by atoms with Crippen LogP contribution in [0.15, 0.2) is 153 Å². The van der Waals surface area contributed by atoms with Gasteiger partial charge in [-0.25, -0.2) is 33.6 Å². The monoisotopic (exact) mass is 1110 g/mol. The molecule has 81 heavy (non-hydrogen) atoms. The van der Waals surface area contributed by atoms with E-state index in [1.165, 1.54) is 73.7 Å². The number of benzene rings is 5. The number of esters is 7. The summed E-state index contributed by atoms with van der Waals surface area (Å²) < 4.78 is 60.8. The summed E-state index contributed by atoms with van der Waals surface area (Å²) in [5, 5.41) is 0. The lowest BCUT2D eigenvalue weighted by Gasteiger charge is -2.17. The maximum absolute atomic E-state index is 13.9. The van der Waals surface area contributed by atoms with Crippen molar-refractivity contribution in [2.45, 2.75) is 90.3 Å². The van der Waals surface area contributed by atoms with Gasteiger partial charge in [0.1, 0.15) is 45.8 Å². The Bertz CT molecular complexity index is 2840. The number of hydrogen-bond acceptors (Lipinski definition) is 18. The van der Waals surface area contributed by atoms with E-state index in [1.54, 1.807) is 48.5 Å². The predicted octanol–water partition coefficient (Wildman–Crippen LogP) is 11.9. The molecule has 0 aliphatic heterocycles. The molecule has 0 fully saturated rings. The molecule has 0 aliphatic carbocycles. The number of carbonyl (C=O) groups is 7. The van der Waals surface area contributed by atoms with Gasteiger partial charge in [0, 0.05) is 25.2 Å². The van der Waals surface area contributed by atoms with Crippen LogP contribution >= 0.6 is 0 Å². The maximum atomic E-state index is 13.9. The Morgan fingerprint density at radius 2 is 0.691 bits per heavy atom. The van der Waals surface area contributed by atoms with Gasteiger partial charge in [-0.1, -0.05) is 19.7 Å². The van der Waals surface area contributed by atoms with Crippen molar-refractivity contribution in [1.82, 2.24) is 0 Å². The molecule has 5 rings (SSSR count). The highest BCUT2D eigenvalue weighted by molar-refractivity contribution is 5.97. The second-order valence-electron chi connectivity index (χ2n) is 17.9. The van der Waals surface area contributed by atoms with E-state index in [9.17, 15) is 33.6 Å². The largest absolute Gasteiger partial charge is 0.494 e. The van der Waals surface area contributed by atoms with Crippen LogP contribution in [-0.2, 0) is 33.3 Å². The zero-order valence-electron chi connectivity index (χ0n) is 45.5. The first-order valence-corrected chi connectivity index (χ1v) is 26.7. The molecule has 18 heteroatoms. The lowest BCUT2D eigenvalue weighted by Crippen LogP contribution is -2.22. The minimum Gasteiger partial charge on any atom is -0.494 e. The summed E-state index contributed by atoms with van der Waals surface area (Å²) in [5.41, 5.74) is 0.383. The van der Waals surface area contributed by atoms with Crippen molar-refractivity contribution in [3.63, 3.8) is 0 Å². The normalized spacial score (nSPS) is 10.9. The van der Waals surface area contributed by atoms with Crippen molar-refractivity contribution in [2.24, 2.45) is 0 Å². The van der Waals surface area contributed by atoms with E-state index >= 15 is 0 Å². The van der Waals surface area contributed by atoms with Crippen LogP contribution in [0.4, 0.5) is 0 Å². The lowest BCUT2D eigenvalue weighted by molar-refractivity contribution is -0.138. The van der Waals surface area contributed by atoms with E-state index in [0.717, 1.165) is 95.3 Å². The second kappa shape index (κ2) is 35.3. The van der Waals surface area contributed by atoms with Crippen LogP contribution in [0.2, 0.25) is 0 Å². The number of ether oxygens (including phenoxy) is 11. The third-order valence-corrected chi connectivity index (χ3v) is 11.6. The minimum absolute atomic E-state index is 0.0581. The van der Waals surface area contributed by atoms with E-state index in [0.29, 0.717) is 62.5 Å². The molecule has 1 atom stereocenters. The molecule has 0 N–H and O–H groups in total. The Balaban J connectivity index is 1.15. The fourth-order valence-corrected chi connectivity index (χ4v) is 7.33. The fourth-order valence-electron chi connectivity index (χ4n) is 7.33. The molecule has 18 nitrogen and oxygen atoms in total. The summed E-state index contributed by atoms with van der Waals surface area (Å²) in [4.78, 5) is 87.2. The summed E-state index contributed by atoms with van der Waals surface area (Å²) in [6.07, 6.45) is 12.0. The molecule has 0 aliphatic rings. The average Bonchev–Trinajstić information content (AvgIpc) is 3.48. The predicted molar refractivity (Wildman–Crippen MR) is 298 cm³/mol. The van der Waals surface area contributed by atoms with Crippen molar-refractivity contribution < 1.29 is 85.7 Å². The number of unbranched alkanes of at least 4 members (excludes halogenated alkanes) is 9. The summed E-state index contributed by atoms with van der Waals surface area (Å²) >= 11 is 0. The van der Waals surface area contributed by atoms with Gasteiger partial charge in [-0.15, -0.1) is 0 Å². The van der Waals surface area contributed by atoms with Gasteiger partial charge < -0.3 is 52.1 Å². The number of carbonyl (C=O) groups excluding carboxylic acids is 7. The zero-order valence-corrected chi connectivity index (χ0v) is 45.5. The van der Waals surface area contributed by atoms with Gasteiger partial charge in [-0.2, -0.15) is 0 Å². The topological polar surface area (TPSA) is 221 Å². The van der Waals surface area contributed by atoms with Gasteiger partial charge in [0.15, 0.2) is 0 Å².